The van der Waals surface area contributed by atoms with E-state index in [0.29, 0.717) is 6.42 Å². The molecule has 1 aromatic rings. The van der Waals surface area contributed by atoms with Crippen molar-refractivity contribution in [3.8, 4) is 0 Å². The minimum atomic E-state index is -1.06. The molecule has 0 spiro atoms. The topological polar surface area (TPSA) is 109 Å². The highest BCUT2D eigenvalue weighted by atomic mass is 35.5. The molecule has 0 saturated carbocycles. The van der Waals surface area contributed by atoms with Crippen molar-refractivity contribution in [1.82, 2.24) is 5.32 Å². The van der Waals surface area contributed by atoms with E-state index >= 15 is 0 Å². The Morgan fingerprint density at radius 2 is 1.65 bits per heavy atom. The number of benzene rings is 1. The van der Waals surface area contributed by atoms with Gasteiger partial charge in [-0.15, -0.1) is 23.2 Å². The van der Waals surface area contributed by atoms with Gasteiger partial charge in [0.15, 0.2) is 5.78 Å². The zero-order chi connectivity index (χ0) is 20.1. The summed E-state index contributed by atoms with van der Waals surface area (Å²) >= 11 is 10.0. The van der Waals surface area contributed by atoms with Gasteiger partial charge < -0.3 is 16.2 Å². The molecule has 1 rings (SSSR count). The highest BCUT2D eigenvalue weighted by molar-refractivity contribution is 6.35. The SMILES string of the molecule is CC(C)CC(N)C(=O)N[C@@H](Cc1ccccc1)C(=O)O.O=C(CCl)CCl. The Hall–Kier alpha value is -1.63. The van der Waals surface area contributed by atoms with Crippen molar-refractivity contribution >= 4 is 40.9 Å². The lowest BCUT2D eigenvalue weighted by Crippen LogP contribution is -2.49. The van der Waals surface area contributed by atoms with Crippen LogP contribution < -0.4 is 11.1 Å². The summed E-state index contributed by atoms with van der Waals surface area (Å²) in [4.78, 5) is 33.0. The molecule has 4 N–H and O–H groups in total. The van der Waals surface area contributed by atoms with E-state index in [0.717, 1.165) is 5.56 Å². The zero-order valence-corrected chi connectivity index (χ0v) is 16.5. The number of alkyl halides is 2. The third kappa shape index (κ3) is 11.1. The van der Waals surface area contributed by atoms with Crippen molar-refractivity contribution in [2.75, 3.05) is 11.8 Å². The van der Waals surface area contributed by atoms with Gasteiger partial charge in [-0.2, -0.15) is 0 Å². The number of nitrogens with two attached hydrogens (primary N) is 1. The van der Waals surface area contributed by atoms with Crippen molar-refractivity contribution in [3.05, 3.63) is 35.9 Å². The van der Waals surface area contributed by atoms with Gasteiger partial charge in [0.1, 0.15) is 6.04 Å². The lowest BCUT2D eigenvalue weighted by atomic mass is 10.0. The number of nitrogens with one attached hydrogen (secondary N) is 1. The summed E-state index contributed by atoms with van der Waals surface area (Å²) in [6.07, 6.45) is 0.778. The monoisotopic (exact) mass is 404 g/mol. The van der Waals surface area contributed by atoms with Crippen LogP contribution in [-0.2, 0) is 20.8 Å². The first-order valence-electron chi connectivity index (χ1n) is 8.17. The Kier molecular flexibility index (Phi) is 12.7. The molecule has 8 heteroatoms. The molecule has 0 heterocycles. The molecule has 2 atom stereocenters. The summed E-state index contributed by atoms with van der Waals surface area (Å²) in [5.41, 5.74) is 6.61. The molecule has 146 valence electrons. The van der Waals surface area contributed by atoms with E-state index < -0.39 is 24.0 Å². The molecule has 0 aromatic heterocycles. The predicted octanol–water partition coefficient (Wildman–Crippen LogP) is 2.21. The van der Waals surface area contributed by atoms with E-state index in [1.54, 1.807) is 0 Å². The predicted molar refractivity (Wildman–Crippen MR) is 104 cm³/mol. The van der Waals surface area contributed by atoms with E-state index in [1.165, 1.54) is 0 Å². The highest BCUT2D eigenvalue weighted by Gasteiger charge is 2.23. The van der Waals surface area contributed by atoms with Gasteiger partial charge in [-0.1, -0.05) is 44.2 Å². The summed E-state index contributed by atoms with van der Waals surface area (Å²) in [6, 6.07) is 7.56. The van der Waals surface area contributed by atoms with Crippen LogP contribution in [0.4, 0.5) is 0 Å². The average molecular weight is 405 g/mol. The van der Waals surface area contributed by atoms with E-state index in [-0.39, 0.29) is 29.9 Å². The number of carboxylic acids is 1. The minimum Gasteiger partial charge on any atom is -0.480 e. The Labute approximate surface area is 164 Å². The van der Waals surface area contributed by atoms with Crippen LogP contribution in [0.3, 0.4) is 0 Å². The number of hydrogen-bond donors (Lipinski definition) is 3. The third-order valence-corrected chi connectivity index (χ3v) is 3.85. The van der Waals surface area contributed by atoms with Crippen LogP contribution in [-0.4, -0.2) is 46.6 Å². The van der Waals surface area contributed by atoms with Crippen LogP contribution in [0.2, 0.25) is 0 Å². The van der Waals surface area contributed by atoms with Crippen molar-refractivity contribution in [2.45, 2.75) is 38.8 Å². The molecule has 0 bridgehead atoms. The minimum absolute atomic E-state index is 0.0312. The van der Waals surface area contributed by atoms with Crippen LogP contribution in [0.5, 0.6) is 0 Å². The van der Waals surface area contributed by atoms with Gasteiger partial charge >= 0.3 is 5.97 Å². The number of carbonyl (C=O) groups is 3. The Morgan fingerprint density at radius 3 is 2.04 bits per heavy atom. The second kappa shape index (κ2) is 13.6. The van der Waals surface area contributed by atoms with E-state index in [2.05, 4.69) is 5.32 Å². The van der Waals surface area contributed by atoms with Crippen LogP contribution in [0.15, 0.2) is 30.3 Å². The van der Waals surface area contributed by atoms with E-state index in [9.17, 15) is 19.5 Å². The van der Waals surface area contributed by atoms with Crippen LogP contribution in [0.25, 0.3) is 0 Å². The summed E-state index contributed by atoms with van der Waals surface area (Å²) in [5, 5.41) is 11.7. The van der Waals surface area contributed by atoms with Crippen LogP contribution in [0, 0.1) is 5.92 Å². The number of aliphatic carboxylic acids is 1. The van der Waals surface area contributed by atoms with Gasteiger partial charge in [0.05, 0.1) is 17.8 Å². The molecule has 6 nitrogen and oxygen atoms in total. The fraction of sp³-hybridized carbons (Fsp3) is 0.500. The molecule has 1 aromatic carbocycles. The molecule has 1 amide bonds. The summed E-state index contributed by atoms with van der Waals surface area (Å²) in [6.45, 7) is 3.93. The first-order chi connectivity index (χ1) is 12.2. The number of carbonyl (C=O) groups excluding carboxylic acids is 2. The molecule has 26 heavy (non-hydrogen) atoms. The molecule has 0 aliphatic heterocycles. The lowest BCUT2D eigenvalue weighted by molar-refractivity contribution is -0.142. The quantitative estimate of drug-likeness (QED) is 0.546. The lowest BCUT2D eigenvalue weighted by Gasteiger charge is -2.19. The second-order valence-electron chi connectivity index (χ2n) is 6.13. The van der Waals surface area contributed by atoms with E-state index in [1.807, 2.05) is 44.2 Å². The van der Waals surface area contributed by atoms with Gasteiger partial charge in [-0.05, 0) is 17.9 Å². The number of amides is 1. The molecular weight excluding hydrogens is 379 g/mol. The summed E-state index contributed by atoms with van der Waals surface area (Å²) in [5.74, 6) is -1.25. The van der Waals surface area contributed by atoms with Gasteiger partial charge in [-0.3, -0.25) is 9.59 Å². The van der Waals surface area contributed by atoms with Gasteiger partial charge in [0, 0.05) is 6.42 Å². The second-order valence-corrected chi connectivity index (χ2v) is 6.67. The molecular formula is C18H26Cl2N2O4. The van der Waals surface area contributed by atoms with E-state index in [4.69, 9.17) is 28.9 Å². The number of ketones is 1. The molecule has 0 aliphatic carbocycles. The molecule has 0 fully saturated rings. The summed E-state index contributed by atoms with van der Waals surface area (Å²) < 4.78 is 0. The van der Waals surface area contributed by atoms with Gasteiger partial charge in [0.25, 0.3) is 0 Å². The first-order valence-corrected chi connectivity index (χ1v) is 9.24. The normalized spacial score (nSPS) is 12.5. The molecule has 1 unspecified atom stereocenters. The zero-order valence-electron chi connectivity index (χ0n) is 15.0. The maximum absolute atomic E-state index is 11.9. The maximum atomic E-state index is 11.9. The largest absolute Gasteiger partial charge is 0.480 e. The summed E-state index contributed by atoms with van der Waals surface area (Å²) in [7, 11) is 0. The fourth-order valence-corrected chi connectivity index (χ4v) is 2.26. The number of Topliss-reactive ketones (excluding diaryl/α,β-unsaturated/α-hetero) is 1. The average Bonchev–Trinajstić information content (AvgIpc) is 2.61. The number of rotatable bonds is 9. The molecule has 0 saturated heterocycles. The van der Waals surface area contributed by atoms with Gasteiger partial charge in [-0.25, -0.2) is 4.79 Å². The number of hydrogen-bond acceptors (Lipinski definition) is 4. The Morgan fingerprint density at radius 1 is 1.12 bits per heavy atom. The van der Waals surface area contributed by atoms with Crippen molar-refractivity contribution in [3.63, 3.8) is 0 Å². The van der Waals surface area contributed by atoms with Crippen LogP contribution >= 0.6 is 23.2 Å². The third-order valence-electron chi connectivity index (χ3n) is 3.26. The fourth-order valence-electron chi connectivity index (χ4n) is 1.98. The number of carboxylic acid groups (broad SMARTS) is 1. The van der Waals surface area contributed by atoms with Gasteiger partial charge in [0.2, 0.25) is 5.91 Å². The number of halogens is 2. The highest BCUT2D eigenvalue weighted by Crippen LogP contribution is 2.06. The Balaban J connectivity index is 0.000000896. The van der Waals surface area contributed by atoms with Crippen molar-refractivity contribution < 1.29 is 19.5 Å². The van der Waals surface area contributed by atoms with Crippen molar-refractivity contribution in [2.24, 2.45) is 11.7 Å². The van der Waals surface area contributed by atoms with Crippen molar-refractivity contribution in [1.29, 1.82) is 0 Å². The molecule has 0 aliphatic rings. The smallest absolute Gasteiger partial charge is 0.326 e. The standard InChI is InChI=1S/C15H22N2O3.C3H4Cl2O/c1-10(2)8-12(16)14(18)17-13(15(19)20)9-11-6-4-3-5-7-11;4-1-3(6)2-5/h3-7,10,12-13H,8-9,16H2,1-2H3,(H,17,18)(H,19,20);1-2H2/t12?,13-;/m0./s1. The maximum Gasteiger partial charge on any atom is 0.326 e. The van der Waals surface area contributed by atoms with Crippen LogP contribution in [0.1, 0.15) is 25.8 Å². The Bertz CT molecular complexity index is 562. The first kappa shape index (κ1) is 24.4. The molecule has 0 radical (unpaired) electrons.